The van der Waals surface area contributed by atoms with E-state index in [4.69, 9.17) is 15.3 Å². The van der Waals surface area contributed by atoms with Gasteiger partial charge in [0.25, 0.3) is 0 Å². The number of hydrogen-bond acceptors (Lipinski definition) is 10. The highest BCUT2D eigenvalue weighted by Gasteiger charge is 2.28. The molecular weight excluding hydrogens is 476 g/mol. The number of fused-ring (bicyclic) bond motifs is 1. The topological polar surface area (TPSA) is 133 Å². The van der Waals surface area contributed by atoms with Crippen molar-refractivity contribution in [1.29, 1.82) is 0 Å². The number of thiophene rings is 1. The Morgan fingerprint density at radius 3 is 2.76 bits per heavy atom. The standard InChI is InChI=1S/C22H26N6O4S2/c1-3-32-21(30)19-15-5-4-6-16(15)34-20(19)25-18(29)12-33-22-27-26-17(28(22)23)11-24-13-7-9-14(31-2)10-8-13/h7-10,24H,3-6,11-12,23H2,1-2H3,(H,25,29). The molecule has 1 aliphatic rings. The zero-order valence-electron chi connectivity index (χ0n) is 18.9. The summed E-state index contributed by atoms with van der Waals surface area (Å²) in [6, 6.07) is 7.48. The number of carbonyl (C=O) groups is 2. The van der Waals surface area contributed by atoms with Gasteiger partial charge in [-0.2, -0.15) is 0 Å². The number of thioether (sulfide) groups is 1. The third-order valence-electron chi connectivity index (χ3n) is 5.26. The number of methoxy groups -OCH3 is 1. The molecule has 0 fully saturated rings. The molecule has 3 aromatic rings. The highest BCUT2D eigenvalue weighted by molar-refractivity contribution is 7.99. The lowest BCUT2D eigenvalue weighted by Crippen LogP contribution is -2.19. The van der Waals surface area contributed by atoms with E-state index in [1.807, 2.05) is 24.3 Å². The van der Waals surface area contributed by atoms with Crippen molar-refractivity contribution in [3.63, 3.8) is 0 Å². The van der Waals surface area contributed by atoms with Gasteiger partial charge in [-0.05, 0) is 56.0 Å². The van der Waals surface area contributed by atoms with Gasteiger partial charge in [0, 0.05) is 10.6 Å². The number of hydrogen-bond donors (Lipinski definition) is 3. The zero-order valence-corrected chi connectivity index (χ0v) is 20.6. The van der Waals surface area contributed by atoms with E-state index in [0.717, 1.165) is 41.1 Å². The Labute approximate surface area is 205 Å². The number of rotatable bonds is 10. The Morgan fingerprint density at radius 2 is 2.03 bits per heavy atom. The van der Waals surface area contributed by atoms with Crippen molar-refractivity contribution in [2.45, 2.75) is 37.9 Å². The fourth-order valence-electron chi connectivity index (χ4n) is 3.62. The summed E-state index contributed by atoms with van der Waals surface area (Å²) in [4.78, 5) is 26.2. The van der Waals surface area contributed by atoms with Gasteiger partial charge in [0.2, 0.25) is 11.1 Å². The van der Waals surface area contributed by atoms with E-state index in [-0.39, 0.29) is 24.2 Å². The third kappa shape index (κ3) is 5.28. The lowest BCUT2D eigenvalue weighted by Gasteiger charge is -2.08. The second-order valence-electron chi connectivity index (χ2n) is 7.47. The number of esters is 1. The van der Waals surface area contributed by atoms with Crippen LogP contribution in [0.2, 0.25) is 0 Å². The number of carbonyl (C=O) groups excluding carboxylic acids is 2. The molecule has 10 nitrogen and oxygen atoms in total. The molecule has 2 aromatic heterocycles. The highest BCUT2D eigenvalue weighted by atomic mass is 32.2. The first-order valence-electron chi connectivity index (χ1n) is 10.8. The summed E-state index contributed by atoms with van der Waals surface area (Å²) < 4.78 is 11.7. The van der Waals surface area contributed by atoms with Crippen molar-refractivity contribution in [3.8, 4) is 5.75 Å². The Balaban J connectivity index is 1.34. The van der Waals surface area contributed by atoms with Crippen molar-refractivity contribution < 1.29 is 19.1 Å². The van der Waals surface area contributed by atoms with Gasteiger partial charge in [-0.25, -0.2) is 9.47 Å². The number of ether oxygens (including phenoxy) is 2. The van der Waals surface area contributed by atoms with E-state index in [0.29, 0.717) is 28.1 Å². The molecule has 0 aliphatic heterocycles. The van der Waals surface area contributed by atoms with Crippen molar-refractivity contribution in [1.82, 2.24) is 14.9 Å². The molecule has 0 bridgehead atoms. The molecule has 0 spiro atoms. The van der Waals surface area contributed by atoms with Gasteiger partial charge in [0.05, 0.1) is 31.6 Å². The highest BCUT2D eigenvalue weighted by Crippen LogP contribution is 2.39. The molecule has 0 radical (unpaired) electrons. The fraction of sp³-hybridized carbons (Fsp3) is 0.364. The summed E-state index contributed by atoms with van der Waals surface area (Å²) in [6.45, 7) is 2.42. The van der Waals surface area contributed by atoms with E-state index in [9.17, 15) is 9.59 Å². The van der Waals surface area contributed by atoms with Crippen molar-refractivity contribution >= 4 is 45.7 Å². The maximum Gasteiger partial charge on any atom is 0.341 e. The Kier molecular flexibility index (Phi) is 7.58. The van der Waals surface area contributed by atoms with Crippen LogP contribution in [0.1, 0.15) is 40.0 Å². The number of nitrogens with two attached hydrogens (primary N) is 1. The molecule has 1 aliphatic carbocycles. The fourth-order valence-corrected chi connectivity index (χ4v) is 5.59. The second kappa shape index (κ2) is 10.8. The lowest BCUT2D eigenvalue weighted by molar-refractivity contribution is -0.113. The van der Waals surface area contributed by atoms with Crippen molar-refractivity contribution in [2.24, 2.45) is 0 Å². The maximum atomic E-state index is 12.6. The summed E-state index contributed by atoms with van der Waals surface area (Å²) >= 11 is 2.62. The predicted molar refractivity (Wildman–Crippen MR) is 132 cm³/mol. The molecule has 2 heterocycles. The Bertz CT molecular complexity index is 1180. The van der Waals surface area contributed by atoms with Crippen LogP contribution < -0.4 is 21.2 Å². The van der Waals surface area contributed by atoms with Gasteiger partial charge < -0.3 is 25.9 Å². The second-order valence-corrected chi connectivity index (χ2v) is 9.52. The monoisotopic (exact) mass is 502 g/mol. The number of anilines is 2. The minimum absolute atomic E-state index is 0.0755. The molecule has 1 amide bonds. The first-order valence-corrected chi connectivity index (χ1v) is 12.6. The molecule has 1 aromatic carbocycles. The number of nitrogens with zero attached hydrogens (tertiary/aromatic N) is 3. The van der Waals surface area contributed by atoms with E-state index in [2.05, 4.69) is 20.8 Å². The molecule has 0 atom stereocenters. The number of amides is 1. The largest absolute Gasteiger partial charge is 0.497 e. The van der Waals surface area contributed by atoms with E-state index in [1.54, 1.807) is 14.0 Å². The summed E-state index contributed by atoms with van der Waals surface area (Å²) in [5, 5.41) is 15.2. The number of nitrogen functional groups attached to an aromatic ring is 1. The number of benzene rings is 1. The van der Waals surface area contributed by atoms with Crippen molar-refractivity contribution in [2.75, 3.05) is 35.9 Å². The molecule has 4 rings (SSSR count). The van der Waals surface area contributed by atoms with Crippen molar-refractivity contribution in [3.05, 3.63) is 46.1 Å². The van der Waals surface area contributed by atoms with Crippen LogP contribution in [-0.2, 0) is 28.9 Å². The number of aromatic nitrogens is 3. The summed E-state index contributed by atoms with van der Waals surface area (Å²) in [5.74, 6) is 6.85. The van der Waals surface area contributed by atoms with Gasteiger partial charge in [0.15, 0.2) is 5.82 Å². The molecule has 4 N–H and O–H groups in total. The maximum absolute atomic E-state index is 12.6. The van der Waals surface area contributed by atoms with E-state index in [1.165, 1.54) is 27.8 Å². The average molecular weight is 503 g/mol. The van der Waals surface area contributed by atoms with Crippen LogP contribution in [0, 0.1) is 0 Å². The smallest absolute Gasteiger partial charge is 0.341 e. The predicted octanol–water partition coefficient (Wildman–Crippen LogP) is 3.07. The number of nitrogens with one attached hydrogen (secondary N) is 2. The molecular formula is C22H26N6O4S2. The van der Waals surface area contributed by atoms with Gasteiger partial charge >= 0.3 is 5.97 Å². The van der Waals surface area contributed by atoms with Crippen LogP contribution in [0.15, 0.2) is 29.4 Å². The first kappa shape index (κ1) is 23.9. The van der Waals surface area contributed by atoms with Crippen LogP contribution in [0.5, 0.6) is 5.75 Å². The number of aryl methyl sites for hydroxylation is 1. The molecule has 12 heteroatoms. The summed E-state index contributed by atoms with van der Waals surface area (Å²) in [5.41, 5.74) is 2.38. The van der Waals surface area contributed by atoms with Gasteiger partial charge in [0.1, 0.15) is 10.8 Å². The minimum atomic E-state index is -0.388. The average Bonchev–Trinajstić information content (AvgIpc) is 3.51. The normalized spacial score (nSPS) is 12.3. The third-order valence-corrected chi connectivity index (χ3v) is 7.41. The van der Waals surface area contributed by atoms with Gasteiger partial charge in [-0.1, -0.05) is 11.8 Å². The summed E-state index contributed by atoms with van der Waals surface area (Å²) in [7, 11) is 1.62. The Morgan fingerprint density at radius 1 is 1.24 bits per heavy atom. The molecule has 0 unspecified atom stereocenters. The SMILES string of the molecule is CCOC(=O)c1c(NC(=O)CSc2nnc(CNc3ccc(OC)cc3)n2N)sc2c1CCC2. The van der Waals surface area contributed by atoms with E-state index >= 15 is 0 Å². The van der Waals surface area contributed by atoms with Crippen LogP contribution in [0.3, 0.4) is 0 Å². The molecule has 0 saturated heterocycles. The minimum Gasteiger partial charge on any atom is -0.497 e. The molecule has 0 saturated carbocycles. The molecule has 180 valence electrons. The van der Waals surface area contributed by atoms with Crippen LogP contribution >= 0.6 is 23.1 Å². The zero-order chi connectivity index (χ0) is 24.1. The molecule has 34 heavy (non-hydrogen) atoms. The van der Waals surface area contributed by atoms with Gasteiger partial charge in [-0.15, -0.1) is 21.5 Å². The van der Waals surface area contributed by atoms with Crippen LogP contribution in [-0.4, -0.2) is 46.2 Å². The van der Waals surface area contributed by atoms with Gasteiger partial charge in [-0.3, -0.25) is 4.79 Å². The van der Waals surface area contributed by atoms with E-state index < -0.39 is 0 Å². The van der Waals surface area contributed by atoms with Crippen LogP contribution in [0.25, 0.3) is 0 Å². The quantitative estimate of drug-likeness (QED) is 0.217. The Hall–Kier alpha value is -3.25. The first-order chi connectivity index (χ1) is 16.5. The summed E-state index contributed by atoms with van der Waals surface area (Å²) in [6.07, 6.45) is 2.76. The lowest BCUT2D eigenvalue weighted by atomic mass is 10.1. The van der Waals surface area contributed by atoms with Crippen LogP contribution in [0.4, 0.5) is 10.7 Å².